The van der Waals surface area contributed by atoms with Gasteiger partial charge in [0.25, 0.3) is 0 Å². The largest absolute Gasteiger partial charge is 0.481 e. The van der Waals surface area contributed by atoms with Crippen LogP contribution in [0.1, 0.15) is 30.4 Å². The van der Waals surface area contributed by atoms with Crippen LogP contribution in [-0.4, -0.2) is 58.9 Å². The summed E-state index contributed by atoms with van der Waals surface area (Å²) in [5.41, 5.74) is 0.575. The second-order valence-electron chi connectivity index (χ2n) is 5.81. The summed E-state index contributed by atoms with van der Waals surface area (Å²) in [6, 6.07) is 0. The first-order valence-electron chi connectivity index (χ1n) is 8.39. The molecule has 0 radical (unpaired) electrons. The van der Waals surface area contributed by atoms with Crippen LogP contribution in [0.25, 0.3) is 11.2 Å². The zero-order chi connectivity index (χ0) is 20.3. The lowest BCUT2D eigenvalue weighted by Gasteiger charge is -2.23. The third-order valence-corrected chi connectivity index (χ3v) is 4.82. The molecule has 0 saturated carbocycles. The summed E-state index contributed by atoms with van der Waals surface area (Å²) in [7, 11) is 1.65. The van der Waals surface area contributed by atoms with Gasteiger partial charge in [-0.15, -0.1) is 11.3 Å². The zero-order valence-corrected chi connectivity index (χ0v) is 15.9. The molecule has 0 bridgehead atoms. The second kappa shape index (κ2) is 8.30. The third kappa shape index (κ3) is 3.79. The van der Waals surface area contributed by atoms with E-state index in [9.17, 15) is 20.1 Å². The van der Waals surface area contributed by atoms with Crippen molar-refractivity contribution >= 4 is 34.3 Å². The highest BCUT2D eigenvalue weighted by molar-refractivity contribution is 7.10. The highest BCUT2D eigenvalue weighted by Gasteiger charge is 2.32. The summed E-state index contributed by atoms with van der Waals surface area (Å²) < 4.78 is 1.21. The summed E-state index contributed by atoms with van der Waals surface area (Å²) in [6.07, 6.45) is -0.0255. The summed E-state index contributed by atoms with van der Waals surface area (Å²) in [4.78, 5) is 28.1. The van der Waals surface area contributed by atoms with E-state index in [-0.39, 0.29) is 17.9 Å². The Hall–Kier alpha value is -3.07. The number of aliphatic hydroxyl groups excluding tert-OH is 2. The molecule has 28 heavy (non-hydrogen) atoms. The highest BCUT2D eigenvalue weighted by Crippen LogP contribution is 2.25. The number of aromatic nitrogens is 5. The average molecular weight is 402 g/mol. The molecule has 3 atom stereocenters. The summed E-state index contributed by atoms with van der Waals surface area (Å²) in [5, 5.41) is 35.4. The van der Waals surface area contributed by atoms with E-state index < -0.39 is 24.2 Å². The van der Waals surface area contributed by atoms with Gasteiger partial charge in [0.15, 0.2) is 28.2 Å². The van der Waals surface area contributed by atoms with Crippen LogP contribution in [0, 0.1) is 17.8 Å². The normalized spacial score (nSPS) is 14.1. The molecule has 0 aliphatic heterocycles. The number of aliphatic hydroxyl groups is 2. The molecule has 3 rings (SSSR count). The Kier molecular flexibility index (Phi) is 5.84. The van der Waals surface area contributed by atoms with Gasteiger partial charge in [0, 0.05) is 18.6 Å². The van der Waals surface area contributed by atoms with Crippen LogP contribution in [0.4, 0.5) is 5.82 Å². The number of aliphatic carboxylic acids is 1. The minimum absolute atomic E-state index is 0.154. The molecule has 3 heterocycles. The number of rotatable bonds is 6. The number of carboxylic acids is 1. The van der Waals surface area contributed by atoms with Crippen LogP contribution < -0.4 is 5.32 Å². The molecule has 0 aliphatic rings. The first-order valence-corrected chi connectivity index (χ1v) is 9.27. The number of anilines is 1. The van der Waals surface area contributed by atoms with E-state index in [2.05, 4.69) is 37.1 Å². The maximum Gasteiger partial charge on any atom is 0.309 e. The second-order valence-corrected chi connectivity index (χ2v) is 6.71. The predicted octanol–water partition coefficient (Wildman–Crippen LogP) is 0.687. The molecule has 146 valence electrons. The molecule has 0 amide bonds. The fraction of sp³-hybridized carbons (Fsp3) is 0.353. The molecule has 3 aromatic rings. The molecule has 0 aliphatic carbocycles. The number of fused-ring (bicyclic) bond motifs is 1. The standard InChI is InChI=1S/C17H18N6O4S/c1-3-9(17(26)27)13(24)16(25)23-8-20-12-14(18-2)21-10(22-15(12)23)4-5-11-19-6-7-28-11/h6-9,13,16,24-25H,3H2,1-2H3,(H,26,27)(H,18,21,22)/t9-,13+,16+/m0/s1. The first kappa shape index (κ1) is 19.7. The van der Waals surface area contributed by atoms with Gasteiger partial charge in [0.05, 0.1) is 12.2 Å². The zero-order valence-electron chi connectivity index (χ0n) is 15.1. The van der Waals surface area contributed by atoms with Crippen LogP contribution in [-0.2, 0) is 4.79 Å². The van der Waals surface area contributed by atoms with E-state index in [1.165, 1.54) is 22.2 Å². The lowest BCUT2D eigenvalue weighted by molar-refractivity contribution is -0.152. The summed E-state index contributed by atoms with van der Waals surface area (Å²) in [5.74, 6) is 3.88. The number of carbonyl (C=O) groups is 1. The van der Waals surface area contributed by atoms with Gasteiger partial charge < -0.3 is 20.6 Å². The SMILES string of the molecule is CC[C@H](C(=O)O)[C@@H](O)[C@@H](O)n1cnc2c(NC)nc(C#Cc3nccs3)nc21. The molecular weight excluding hydrogens is 384 g/mol. The van der Waals surface area contributed by atoms with Gasteiger partial charge in [-0.1, -0.05) is 6.92 Å². The van der Waals surface area contributed by atoms with Crippen molar-refractivity contribution in [1.82, 2.24) is 24.5 Å². The van der Waals surface area contributed by atoms with Crippen molar-refractivity contribution in [1.29, 1.82) is 0 Å². The Morgan fingerprint density at radius 3 is 2.71 bits per heavy atom. The monoisotopic (exact) mass is 402 g/mol. The first-order chi connectivity index (χ1) is 13.5. The maximum atomic E-state index is 11.3. The van der Waals surface area contributed by atoms with Gasteiger partial charge in [-0.3, -0.25) is 9.36 Å². The number of imidazole rings is 1. The molecule has 0 saturated heterocycles. The third-order valence-electron chi connectivity index (χ3n) is 4.13. The Bertz CT molecular complexity index is 1040. The number of hydrogen-bond donors (Lipinski definition) is 4. The number of nitrogens with zero attached hydrogens (tertiary/aromatic N) is 5. The maximum absolute atomic E-state index is 11.3. The molecule has 0 spiro atoms. The van der Waals surface area contributed by atoms with Crippen molar-refractivity contribution in [3.63, 3.8) is 0 Å². The van der Waals surface area contributed by atoms with E-state index in [1.54, 1.807) is 25.5 Å². The number of nitrogens with one attached hydrogen (secondary N) is 1. The molecule has 10 nitrogen and oxygen atoms in total. The molecule has 0 unspecified atom stereocenters. The van der Waals surface area contributed by atoms with Gasteiger partial charge in [-0.05, 0) is 18.3 Å². The topological polar surface area (TPSA) is 146 Å². The molecule has 3 aromatic heterocycles. The quantitative estimate of drug-likeness (QED) is 0.437. The molecule has 11 heteroatoms. The Balaban J connectivity index is 2.04. The fourth-order valence-electron chi connectivity index (χ4n) is 2.67. The van der Waals surface area contributed by atoms with Crippen molar-refractivity contribution in [3.05, 3.63) is 28.7 Å². The molecule has 4 N–H and O–H groups in total. The van der Waals surface area contributed by atoms with E-state index in [0.29, 0.717) is 16.3 Å². The van der Waals surface area contributed by atoms with Crippen molar-refractivity contribution in [2.24, 2.45) is 5.92 Å². The smallest absolute Gasteiger partial charge is 0.309 e. The van der Waals surface area contributed by atoms with Crippen LogP contribution in [0.3, 0.4) is 0 Å². The van der Waals surface area contributed by atoms with Gasteiger partial charge in [-0.2, -0.15) is 0 Å². The van der Waals surface area contributed by atoms with E-state index >= 15 is 0 Å². The number of hydrogen-bond acceptors (Lipinski definition) is 9. The van der Waals surface area contributed by atoms with E-state index in [0.717, 1.165) is 0 Å². The molecular formula is C17H18N6O4S. The van der Waals surface area contributed by atoms with Crippen LogP contribution in [0.2, 0.25) is 0 Å². The van der Waals surface area contributed by atoms with Crippen molar-refractivity contribution in [2.75, 3.05) is 12.4 Å². The number of thiazole rings is 1. The summed E-state index contributed by atoms with van der Waals surface area (Å²) >= 11 is 1.38. The Morgan fingerprint density at radius 1 is 1.32 bits per heavy atom. The minimum atomic E-state index is -1.55. The molecule has 0 aromatic carbocycles. The minimum Gasteiger partial charge on any atom is -0.481 e. The Labute approximate surface area is 163 Å². The van der Waals surface area contributed by atoms with Gasteiger partial charge in [-0.25, -0.2) is 19.9 Å². The Morgan fingerprint density at radius 2 is 2.11 bits per heavy atom. The van der Waals surface area contributed by atoms with Crippen LogP contribution >= 0.6 is 11.3 Å². The van der Waals surface area contributed by atoms with Gasteiger partial charge in [0.2, 0.25) is 5.82 Å². The van der Waals surface area contributed by atoms with Crippen LogP contribution in [0.15, 0.2) is 17.9 Å². The lowest BCUT2D eigenvalue weighted by Crippen LogP contribution is -2.35. The molecule has 0 fully saturated rings. The predicted molar refractivity (Wildman–Crippen MR) is 102 cm³/mol. The van der Waals surface area contributed by atoms with E-state index in [4.69, 9.17) is 0 Å². The van der Waals surface area contributed by atoms with Crippen LogP contribution in [0.5, 0.6) is 0 Å². The number of carboxylic acid groups (broad SMARTS) is 1. The fourth-order valence-corrected chi connectivity index (χ4v) is 3.15. The van der Waals surface area contributed by atoms with Crippen molar-refractivity contribution in [2.45, 2.75) is 25.7 Å². The van der Waals surface area contributed by atoms with Gasteiger partial charge >= 0.3 is 5.97 Å². The summed E-state index contributed by atoms with van der Waals surface area (Å²) in [6.45, 7) is 1.62. The highest BCUT2D eigenvalue weighted by atomic mass is 32.1. The van der Waals surface area contributed by atoms with E-state index in [1.807, 2.05) is 0 Å². The average Bonchev–Trinajstić information content (AvgIpc) is 3.35. The van der Waals surface area contributed by atoms with Gasteiger partial charge in [0.1, 0.15) is 6.10 Å². The lowest BCUT2D eigenvalue weighted by atomic mass is 9.98. The van der Waals surface area contributed by atoms with Crippen molar-refractivity contribution < 1.29 is 20.1 Å². The van der Waals surface area contributed by atoms with Crippen molar-refractivity contribution in [3.8, 4) is 11.8 Å².